The molecule has 1 aliphatic rings. The molecule has 2 atom stereocenters. The van der Waals surface area contributed by atoms with Crippen LogP contribution in [0, 0.1) is 11.8 Å². The van der Waals surface area contributed by atoms with E-state index in [9.17, 15) is 19.2 Å². The zero-order chi connectivity index (χ0) is 18.8. The standard InChI is InChI=1S/C17H28N2O6/c1-3-24-14(21)10-12(17(23)25-4-2)15(16(18)22)19-13(20)9-11-7-5-6-8-11/h11-12,15H,3-10H2,1-2H3,(H2,18,22)(H,19,20)/t12-,15+/m1/s1. The van der Waals surface area contributed by atoms with Crippen LogP contribution in [0.1, 0.15) is 52.4 Å². The maximum atomic E-state index is 12.2. The van der Waals surface area contributed by atoms with Gasteiger partial charge in [0.05, 0.1) is 25.6 Å². The molecule has 142 valence electrons. The average Bonchev–Trinajstić information content (AvgIpc) is 3.03. The van der Waals surface area contributed by atoms with E-state index in [1.54, 1.807) is 13.8 Å². The third-order valence-electron chi connectivity index (χ3n) is 4.26. The molecule has 1 saturated carbocycles. The molecule has 3 N–H and O–H groups in total. The molecule has 0 unspecified atom stereocenters. The number of primary amides is 1. The number of esters is 2. The maximum absolute atomic E-state index is 12.2. The van der Waals surface area contributed by atoms with Crippen molar-refractivity contribution in [3.8, 4) is 0 Å². The Morgan fingerprint density at radius 1 is 1.08 bits per heavy atom. The van der Waals surface area contributed by atoms with E-state index in [1.165, 1.54) is 0 Å². The lowest BCUT2D eigenvalue weighted by molar-refractivity contribution is -0.157. The molecule has 0 aromatic heterocycles. The highest BCUT2D eigenvalue weighted by Gasteiger charge is 2.37. The van der Waals surface area contributed by atoms with Gasteiger partial charge in [-0.15, -0.1) is 0 Å². The smallest absolute Gasteiger partial charge is 0.312 e. The Labute approximate surface area is 147 Å². The first-order valence-corrected chi connectivity index (χ1v) is 8.79. The molecular formula is C17H28N2O6. The van der Waals surface area contributed by atoms with E-state index < -0.39 is 29.8 Å². The normalized spacial score (nSPS) is 16.7. The van der Waals surface area contributed by atoms with Crippen LogP contribution in [-0.4, -0.2) is 43.0 Å². The highest BCUT2D eigenvalue weighted by molar-refractivity contribution is 5.93. The Bertz CT molecular complexity index is 488. The number of hydrogen-bond acceptors (Lipinski definition) is 6. The second-order valence-electron chi connectivity index (χ2n) is 6.17. The predicted molar refractivity (Wildman–Crippen MR) is 89.1 cm³/mol. The topological polar surface area (TPSA) is 125 Å². The van der Waals surface area contributed by atoms with Gasteiger partial charge < -0.3 is 20.5 Å². The number of nitrogens with two attached hydrogens (primary N) is 1. The summed E-state index contributed by atoms with van der Waals surface area (Å²) in [4.78, 5) is 48.0. The summed E-state index contributed by atoms with van der Waals surface area (Å²) >= 11 is 0. The van der Waals surface area contributed by atoms with E-state index in [0.717, 1.165) is 25.7 Å². The third-order valence-corrected chi connectivity index (χ3v) is 4.26. The first-order valence-electron chi connectivity index (χ1n) is 8.79. The van der Waals surface area contributed by atoms with Gasteiger partial charge in [-0.1, -0.05) is 12.8 Å². The zero-order valence-corrected chi connectivity index (χ0v) is 14.9. The second-order valence-corrected chi connectivity index (χ2v) is 6.17. The summed E-state index contributed by atoms with van der Waals surface area (Å²) in [5, 5.41) is 2.51. The Kier molecular flexibility index (Phi) is 8.94. The lowest BCUT2D eigenvalue weighted by atomic mass is 9.94. The van der Waals surface area contributed by atoms with Crippen LogP contribution in [0.25, 0.3) is 0 Å². The number of hydrogen-bond donors (Lipinski definition) is 2. The van der Waals surface area contributed by atoms with Crippen molar-refractivity contribution >= 4 is 23.8 Å². The predicted octanol–water partition coefficient (Wildman–Crippen LogP) is 0.669. The van der Waals surface area contributed by atoms with Crippen LogP contribution in [-0.2, 0) is 28.7 Å². The minimum absolute atomic E-state index is 0.0830. The Hall–Kier alpha value is -2.12. The maximum Gasteiger partial charge on any atom is 0.312 e. The molecule has 1 fully saturated rings. The van der Waals surface area contributed by atoms with Gasteiger partial charge in [0.1, 0.15) is 6.04 Å². The van der Waals surface area contributed by atoms with Gasteiger partial charge in [-0.3, -0.25) is 19.2 Å². The average molecular weight is 356 g/mol. The van der Waals surface area contributed by atoms with E-state index in [0.29, 0.717) is 0 Å². The van der Waals surface area contributed by atoms with E-state index in [1.807, 2.05) is 0 Å². The molecule has 0 aliphatic heterocycles. The fourth-order valence-electron chi connectivity index (χ4n) is 3.07. The van der Waals surface area contributed by atoms with Crippen molar-refractivity contribution in [2.75, 3.05) is 13.2 Å². The van der Waals surface area contributed by atoms with Crippen LogP contribution in [0.4, 0.5) is 0 Å². The van der Waals surface area contributed by atoms with Gasteiger partial charge in [-0.05, 0) is 32.6 Å². The molecule has 0 aromatic rings. The van der Waals surface area contributed by atoms with Crippen molar-refractivity contribution in [3.05, 3.63) is 0 Å². The molecule has 0 saturated heterocycles. The van der Waals surface area contributed by atoms with Crippen molar-refractivity contribution < 1.29 is 28.7 Å². The summed E-state index contributed by atoms with van der Waals surface area (Å²) in [5.74, 6) is -3.59. The summed E-state index contributed by atoms with van der Waals surface area (Å²) in [6, 6.07) is -1.31. The van der Waals surface area contributed by atoms with Crippen molar-refractivity contribution in [1.29, 1.82) is 0 Å². The molecule has 0 radical (unpaired) electrons. The summed E-state index contributed by atoms with van der Waals surface area (Å²) in [5.41, 5.74) is 5.36. The summed E-state index contributed by atoms with van der Waals surface area (Å²) in [7, 11) is 0. The highest BCUT2D eigenvalue weighted by Crippen LogP contribution is 2.27. The minimum atomic E-state index is -1.31. The SMILES string of the molecule is CCOC(=O)C[C@@H](C(=O)OCC)[C@H](NC(=O)CC1CCCC1)C(N)=O. The van der Waals surface area contributed by atoms with Crippen molar-refractivity contribution in [2.24, 2.45) is 17.6 Å². The molecule has 8 heteroatoms. The number of nitrogens with one attached hydrogen (secondary N) is 1. The van der Waals surface area contributed by atoms with E-state index in [4.69, 9.17) is 15.2 Å². The minimum Gasteiger partial charge on any atom is -0.466 e. The van der Waals surface area contributed by atoms with E-state index in [-0.39, 0.29) is 37.9 Å². The van der Waals surface area contributed by atoms with Gasteiger partial charge in [-0.25, -0.2) is 0 Å². The molecule has 25 heavy (non-hydrogen) atoms. The molecule has 1 aliphatic carbocycles. The first kappa shape index (κ1) is 20.9. The summed E-state index contributed by atoms with van der Waals surface area (Å²) in [6.07, 6.45) is 4.01. The van der Waals surface area contributed by atoms with Crippen LogP contribution < -0.4 is 11.1 Å². The van der Waals surface area contributed by atoms with Crippen LogP contribution in [0.3, 0.4) is 0 Å². The molecule has 0 heterocycles. The molecular weight excluding hydrogens is 328 g/mol. The third kappa shape index (κ3) is 7.11. The van der Waals surface area contributed by atoms with Crippen molar-refractivity contribution in [1.82, 2.24) is 5.32 Å². The number of amides is 2. The Morgan fingerprint density at radius 3 is 2.20 bits per heavy atom. The molecule has 8 nitrogen and oxygen atoms in total. The summed E-state index contributed by atoms with van der Waals surface area (Å²) < 4.78 is 9.76. The summed E-state index contributed by atoms with van der Waals surface area (Å²) in [6.45, 7) is 3.47. The largest absolute Gasteiger partial charge is 0.466 e. The van der Waals surface area contributed by atoms with Crippen LogP contribution in [0.15, 0.2) is 0 Å². The Morgan fingerprint density at radius 2 is 1.68 bits per heavy atom. The van der Waals surface area contributed by atoms with Crippen LogP contribution in [0.2, 0.25) is 0 Å². The number of ether oxygens (including phenoxy) is 2. The molecule has 0 aromatic carbocycles. The van der Waals surface area contributed by atoms with E-state index >= 15 is 0 Å². The number of carbonyl (C=O) groups excluding carboxylic acids is 4. The quantitative estimate of drug-likeness (QED) is 0.554. The first-order chi connectivity index (χ1) is 11.9. The Balaban J connectivity index is 2.81. The highest BCUT2D eigenvalue weighted by atomic mass is 16.5. The van der Waals surface area contributed by atoms with Gasteiger partial charge in [0, 0.05) is 6.42 Å². The molecule has 2 amide bonds. The van der Waals surface area contributed by atoms with Gasteiger partial charge in [-0.2, -0.15) is 0 Å². The zero-order valence-electron chi connectivity index (χ0n) is 14.9. The van der Waals surface area contributed by atoms with Gasteiger partial charge >= 0.3 is 11.9 Å². The van der Waals surface area contributed by atoms with Gasteiger partial charge in [0.15, 0.2) is 0 Å². The van der Waals surface area contributed by atoms with Crippen LogP contribution >= 0.6 is 0 Å². The fraction of sp³-hybridized carbons (Fsp3) is 0.765. The van der Waals surface area contributed by atoms with Crippen molar-refractivity contribution in [2.45, 2.75) is 58.4 Å². The molecule has 0 spiro atoms. The molecule has 0 bridgehead atoms. The lowest BCUT2D eigenvalue weighted by Gasteiger charge is -2.24. The molecule has 1 rings (SSSR count). The number of rotatable bonds is 10. The number of carbonyl (C=O) groups is 4. The monoisotopic (exact) mass is 356 g/mol. The van der Waals surface area contributed by atoms with Gasteiger partial charge in [0.25, 0.3) is 0 Å². The van der Waals surface area contributed by atoms with Crippen LogP contribution in [0.5, 0.6) is 0 Å². The lowest BCUT2D eigenvalue weighted by Crippen LogP contribution is -2.52. The van der Waals surface area contributed by atoms with Crippen molar-refractivity contribution in [3.63, 3.8) is 0 Å². The van der Waals surface area contributed by atoms with E-state index in [2.05, 4.69) is 5.32 Å². The fourth-order valence-corrected chi connectivity index (χ4v) is 3.07. The second kappa shape index (κ2) is 10.7. The van der Waals surface area contributed by atoms with Gasteiger partial charge in [0.2, 0.25) is 11.8 Å².